The average Bonchev–Trinajstić information content (AvgIpc) is 2.92. The molecule has 218 valence electrons. The third-order valence-corrected chi connectivity index (χ3v) is 6.00. The number of carboxylic acid groups (broad SMARTS) is 1. The van der Waals surface area contributed by atoms with Crippen LogP contribution in [0.4, 0.5) is 13.2 Å². The number of alkyl halides is 3. The van der Waals surface area contributed by atoms with E-state index in [0.29, 0.717) is 11.8 Å². The Morgan fingerprint density at radius 2 is 1.56 bits per heavy atom. The lowest BCUT2D eigenvalue weighted by molar-refractivity contribution is -0.141. The molecule has 0 radical (unpaired) electrons. The molecule has 41 heavy (non-hydrogen) atoms. The first-order valence-electron chi connectivity index (χ1n) is 12.6. The second kappa shape index (κ2) is 13.6. The molecule has 0 bridgehead atoms. The summed E-state index contributed by atoms with van der Waals surface area (Å²) in [5.74, 6) is -3.98. The standard InChI is InChI=1S/C29H29F3N2O7/c1-17(2)27(34-25(36)16-41-24-12-5-8-18-7-3-4-11-21(18)24)28(39)33-22(14-26(37)38)23(35)15-40-20-10-6-9-19(13-20)29(30,31)32/h3-13,17,22,27H,14-16H2,1-2H3,(H,33,39)(H,34,36)(H,37,38)/t22-,27-/m0/s1. The van der Waals surface area contributed by atoms with Crippen molar-refractivity contribution in [2.24, 2.45) is 5.92 Å². The molecule has 0 unspecified atom stereocenters. The normalized spacial score (nSPS) is 12.8. The van der Waals surface area contributed by atoms with E-state index in [4.69, 9.17) is 9.47 Å². The Morgan fingerprint density at radius 1 is 0.878 bits per heavy atom. The number of carboxylic acids is 1. The zero-order valence-electron chi connectivity index (χ0n) is 22.2. The van der Waals surface area contributed by atoms with E-state index in [0.717, 1.165) is 22.9 Å². The van der Waals surface area contributed by atoms with E-state index >= 15 is 0 Å². The maximum atomic E-state index is 13.0. The predicted molar refractivity (Wildman–Crippen MR) is 142 cm³/mol. The van der Waals surface area contributed by atoms with Gasteiger partial charge in [-0.05, 0) is 35.6 Å². The molecule has 3 aromatic carbocycles. The number of hydrogen-bond acceptors (Lipinski definition) is 6. The van der Waals surface area contributed by atoms with Gasteiger partial charge in [0, 0.05) is 5.39 Å². The molecule has 0 aliphatic heterocycles. The summed E-state index contributed by atoms with van der Waals surface area (Å²) in [6, 6.07) is 13.9. The SMILES string of the molecule is CC(C)[C@H](NC(=O)COc1cccc2ccccc12)C(=O)N[C@@H](CC(=O)O)C(=O)COc1cccc(C(F)(F)F)c1. The number of Topliss-reactive ketones (excluding diaryl/α,β-unsaturated/α-hetero) is 1. The van der Waals surface area contributed by atoms with Gasteiger partial charge < -0.3 is 25.2 Å². The lowest BCUT2D eigenvalue weighted by atomic mass is 10.0. The maximum Gasteiger partial charge on any atom is 0.416 e. The maximum absolute atomic E-state index is 13.0. The fraction of sp³-hybridized carbons (Fsp3) is 0.310. The molecule has 0 fully saturated rings. The molecule has 9 nitrogen and oxygen atoms in total. The van der Waals surface area contributed by atoms with Gasteiger partial charge >= 0.3 is 12.1 Å². The summed E-state index contributed by atoms with van der Waals surface area (Å²) in [6.45, 7) is 2.08. The van der Waals surface area contributed by atoms with Crippen molar-refractivity contribution in [3.63, 3.8) is 0 Å². The molecule has 0 heterocycles. The molecule has 3 aromatic rings. The van der Waals surface area contributed by atoms with Crippen LogP contribution in [0.1, 0.15) is 25.8 Å². The summed E-state index contributed by atoms with van der Waals surface area (Å²) < 4.78 is 49.6. The number of carbonyl (C=O) groups is 4. The number of carbonyl (C=O) groups excluding carboxylic acids is 3. The van der Waals surface area contributed by atoms with Crippen molar-refractivity contribution in [2.45, 2.75) is 38.5 Å². The van der Waals surface area contributed by atoms with Gasteiger partial charge in [-0.1, -0.05) is 56.3 Å². The lowest BCUT2D eigenvalue weighted by Crippen LogP contribution is -2.55. The number of halogens is 3. The molecule has 3 rings (SSSR count). The van der Waals surface area contributed by atoms with Crippen LogP contribution in [0.2, 0.25) is 0 Å². The highest BCUT2D eigenvalue weighted by Gasteiger charge is 2.32. The van der Waals surface area contributed by atoms with Crippen molar-refractivity contribution in [1.29, 1.82) is 0 Å². The number of aliphatic carboxylic acids is 1. The molecule has 2 atom stereocenters. The second-order valence-corrected chi connectivity index (χ2v) is 9.49. The zero-order chi connectivity index (χ0) is 30.2. The Hall–Kier alpha value is -4.61. The minimum absolute atomic E-state index is 0.257. The number of rotatable bonds is 13. The number of benzene rings is 3. The molecule has 0 aliphatic carbocycles. The van der Waals surface area contributed by atoms with Gasteiger partial charge in [-0.25, -0.2) is 0 Å². The highest BCUT2D eigenvalue weighted by molar-refractivity contribution is 5.95. The smallest absolute Gasteiger partial charge is 0.416 e. The van der Waals surface area contributed by atoms with Crippen LogP contribution in [-0.2, 0) is 25.4 Å². The average molecular weight is 575 g/mol. The van der Waals surface area contributed by atoms with Crippen LogP contribution >= 0.6 is 0 Å². The first-order valence-corrected chi connectivity index (χ1v) is 12.6. The summed E-state index contributed by atoms with van der Waals surface area (Å²) >= 11 is 0. The highest BCUT2D eigenvalue weighted by atomic mass is 19.4. The van der Waals surface area contributed by atoms with Crippen molar-refractivity contribution in [1.82, 2.24) is 10.6 Å². The van der Waals surface area contributed by atoms with E-state index in [1.807, 2.05) is 30.3 Å². The van der Waals surface area contributed by atoms with E-state index < -0.39 is 72.9 Å². The van der Waals surface area contributed by atoms with Gasteiger partial charge in [0.15, 0.2) is 12.4 Å². The fourth-order valence-corrected chi connectivity index (χ4v) is 3.91. The molecule has 0 saturated carbocycles. The number of nitrogens with one attached hydrogen (secondary N) is 2. The minimum Gasteiger partial charge on any atom is -0.486 e. The Bertz CT molecular complexity index is 1400. The molecule has 0 aromatic heterocycles. The minimum atomic E-state index is -4.63. The number of amides is 2. The highest BCUT2D eigenvalue weighted by Crippen LogP contribution is 2.31. The van der Waals surface area contributed by atoms with Crippen LogP contribution in [0.25, 0.3) is 10.8 Å². The van der Waals surface area contributed by atoms with Gasteiger partial charge in [-0.15, -0.1) is 0 Å². The molecular formula is C29H29F3N2O7. The largest absolute Gasteiger partial charge is 0.486 e. The summed E-state index contributed by atoms with van der Waals surface area (Å²) in [7, 11) is 0. The van der Waals surface area contributed by atoms with Crippen LogP contribution in [0, 0.1) is 5.92 Å². The molecule has 2 amide bonds. The van der Waals surface area contributed by atoms with Gasteiger partial charge in [-0.3, -0.25) is 19.2 Å². The molecular weight excluding hydrogens is 545 g/mol. The summed E-state index contributed by atoms with van der Waals surface area (Å²) in [5, 5.41) is 15.8. The second-order valence-electron chi connectivity index (χ2n) is 9.49. The zero-order valence-corrected chi connectivity index (χ0v) is 22.2. The van der Waals surface area contributed by atoms with Crippen LogP contribution < -0.4 is 20.1 Å². The quantitative estimate of drug-likeness (QED) is 0.281. The lowest BCUT2D eigenvalue weighted by Gasteiger charge is -2.24. The van der Waals surface area contributed by atoms with Crippen molar-refractivity contribution in [2.75, 3.05) is 13.2 Å². The summed E-state index contributed by atoms with van der Waals surface area (Å²) in [4.78, 5) is 49.7. The predicted octanol–water partition coefficient (Wildman–Crippen LogP) is 3.99. The third kappa shape index (κ3) is 8.95. The third-order valence-electron chi connectivity index (χ3n) is 6.00. The van der Waals surface area contributed by atoms with Crippen molar-refractivity contribution in [3.8, 4) is 11.5 Å². The van der Waals surface area contributed by atoms with E-state index in [1.165, 1.54) is 6.07 Å². The van der Waals surface area contributed by atoms with Gasteiger partial charge in [-0.2, -0.15) is 13.2 Å². The molecule has 0 aliphatic rings. The van der Waals surface area contributed by atoms with Crippen molar-refractivity contribution >= 4 is 34.3 Å². The monoisotopic (exact) mass is 574 g/mol. The topological polar surface area (TPSA) is 131 Å². The Kier molecular flexibility index (Phi) is 10.3. The van der Waals surface area contributed by atoms with E-state index in [9.17, 15) is 37.5 Å². The van der Waals surface area contributed by atoms with Gasteiger partial charge in [0.25, 0.3) is 5.91 Å². The van der Waals surface area contributed by atoms with Gasteiger partial charge in [0.1, 0.15) is 30.2 Å². The Labute approximate surface area is 233 Å². The van der Waals surface area contributed by atoms with E-state index in [1.54, 1.807) is 26.0 Å². The number of ether oxygens (including phenoxy) is 2. The van der Waals surface area contributed by atoms with Gasteiger partial charge in [0.2, 0.25) is 5.91 Å². The molecule has 0 spiro atoms. The number of ketones is 1. The summed E-state index contributed by atoms with van der Waals surface area (Å²) in [5.41, 5.74) is -0.988. The van der Waals surface area contributed by atoms with Crippen LogP contribution in [-0.4, -0.2) is 54.0 Å². The number of hydrogen-bond donors (Lipinski definition) is 3. The first-order chi connectivity index (χ1) is 19.3. The molecule has 12 heteroatoms. The molecule has 0 saturated heterocycles. The van der Waals surface area contributed by atoms with Crippen LogP contribution in [0.3, 0.4) is 0 Å². The Morgan fingerprint density at radius 3 is 2.24 bits per heavy atom. The van der Waals surface area contributed by atoms with Crippen LogP contribution in [0.5, 0.6) is 11.5 Å². The van der Waals surface area contributed by atoms with Crippen molar-refractivity contribution in [3.05, 3.63) is 72.3 Å². The van der Waals surface area contributed by atoms with E-state index in [2.05, 4.69) is 10.6 Å². The van der Waals surface area contributed by atoms with Gasteiger partial charge in [0.05, 0.1) is 12.0 Å². The van der Waals surface area contributed by atoms with Crippen LogP contribution in [0.15, 0.2) is 66.7 Å². The summed E-state index contributed by atoms with van der Waals surface area (Å²) in [6.07, 6.45) is -5.43. The van der Waals surface area contributed by atoms with E-state index in [-0.39, 0.29) is 5.75 Å². The first kappa shape index (κ1) is 30.9. The molecule has 3 N–H and O–H groups in total. The fourth-order valence-electron chi connectivity index (χ4n) is 3.91. The Balaban J connectivity index is 1.62. The number of fused-ring (bicyclic) bond motifs is 1. The van der Waals surface area contributed by atoms with Crippen molar-refractivity contribution < 1.29 is 46.9 Å².